The van der Waals surface area contributed by atoms with Gasteiger partial charge in [0.1, 0.15) is 18.1 Å². The van der Waals surface area contributed by atoms with E-state index in [4.69, 9.17) is 33.8 Å². The number of esters is 2. The van der Waals surface area contributed by atoms with Gasteiger partial charge in [-0.1, -0.05) is 100 Å². The molecule has 2 atom stereocenters. The van der Waals surface area contributed by atoms with Crippen molar-refractivity contribution < 1.29 is 47.1 Å². The third kappa shape index (κ3) is 29.1. The highest BCUT2D eigenvalue weighted by Crippen LogP contribution is 2.43. The van der Waals surface area contributed by atoms with E-state index in [1.54, 1.807) is 0 Å². The fourth-order valence-electron chi connectivity index (χ4n) is 5.96. The van der Waals surface area contributed by atoms with E-state index in [0.29, 0.717) is 19.3 Å². The monoisotopic (exact) mass is 822 g/mol. The fraction of sp³-hybridized carbons (Fsp3) is 0.689. The predicted octanol–water partition coefficient (Wildman–Crippen LogP) is 10.6. The molecule has 0 bridgehead atoms. The first-order valence-corrected chi connectivity index (χ1v) is 23.1. The summed E-state index contributed by atoms with van der Waals surface area (Å²) in [6.45, 7) is 5.89. The van der Waals surface area contributed by atoms with Crippen LogP contribution in [0, 0.1) is 13.8 Å². The minimum atomic E-state index is -4.41. The van der Waals surface area contributed by atoms with Crippen LogP contribution in [0.25, 0.3) is 0 Å². The molecule has 0 aromatic carbocycles. The molecule has 0 aliphatic carbocycles. The standard InChI is InChI=1S/C45H76NO10P/c1-4-5-25-30-42-39(2)40(3)43(56-42)31-26-21-18-19-23-28-33-45(49)55-41(38-54-57(50,51)53-36-34-46)37-52-44(48)32-27-22-17-15-13-11-9-7-6-8-10-12-14-16-20-24-29-35-47/h6,8-9,11-12,14-15,17,41,47H,4-5,7,10,13,16,18-38,46H2,1-3H3,(H,50,51)/b8-6-,11-9-,14-12-,17-15-/t41-/m1/s1. The number of allylic oxidation sites excluding steroid dienone is 8. The topological polar surface area (TPSA) is 168 Å². The first-order valence-electron chi connectivity index (χ1n) is 21.6. The average molecular weight is 822 g/mol. The fourth-order valence-corrected chi connectivity index (χ4v) is 6.73. The molecule has 12 heteroatoms. The third-order valence-electron chi connectivity index (χ3n) is 9.48. The van der Waals surface area contributed by atoms with E-state index in [1.807, 2.05) is 6.08 Å². The zero-order valence-corrected chi connectivity index (χ0v) is 36.4. The number of nitrogens with two attached hydrogens (primary N) is 1. The molecule has 0 fully saturated rings. The van der Waals surface area contributed by atoms with Crippen LogP contribution < -0.4 is 5.73 Å². The number of rotatable bonds is 37. The molecular weight excluding hydrogens is 745 g/mol. The Balaban J connectivity index is 2.33. The molecule has 326 valence electrons. The van der Waals surface area contributed by atoms with E-state index in [0.717, 1.165) is 101 Å². The minimum Gasteiger partial charge on any atom is -0.466 e. The normalized spacial score (nSPS) is 13.7. The van der Waals surface area contributed by atoms with Gasteiger partial charge >= 0.3 is 19.8 Å². The number of phosphoric acid groups is 1. The second kappa shape index (κ2) is 35.2. The van der Waals surface area contributed by atoms with Crippen molar-refractivity contribution in [2.45, 2.75) is 168 Å². The van der Waals surface area contributed by atoms with Gasteiger partial charge in [-0.25, -0.2) is 4.57 Å². The van der Waals surface area contributed by atoms with E-state index in [-0.39, 0.29) is 39.2 Å². The number of furan rings is 1. The molecule has 0 spiro atoms. The quantitative estimate of drug-likeness (QED) is 0.0253. The van der Waals surface area contributed by atoms with Gasteiger partial charge in [-0.15, -0.1) is 0 Å². The molecule has 1 aromatic rings. The minimum absolute atomic E-state index is 0.0317. The summed E-state index contributed by atoms with van der Waals surface area (Å²) < 4.78 is 39.0. The number of carbonyl (C=O) groups is 2. The van der Waals surface area contributed by atoms with Crippen LogP contribution in [-0.4, -0.2) is 61.0 Å². The van der Waals surface area contributed by atoms with Gasteiger partial charge in [0.05, 0.1) is 13.2 Å². The second-order valence-corrected chi connectivity index (χ2v) is 16.0. The Hall–Kier alpha value is -2.79. The number of hydrogen-bond acceptors (Lipinski definition) is 10. The van der Waals surface area contributed by atoms with Crippen LogP contribution in [0.1, 0.15) is 158 Å². The SMILES string of the molecule is CCCCCc1oc(CCCCCCCCC(=O)O[C@H](COC(=O)CCC/C=C\C/C=C\C/C=C\C/C=C\CCCCCO)COP(=O)(O)OCCN)c(C)c1C. The summed E-state index contributed by atoms with van der Waals surface area (Å²) >= 11 is 0. The number of phosphoric ester groups is 1. The number of ether oxygens (including phenoxy) is 2. The molecule has 1 heterocycles. The van der Waals surface area contributed by atoms with Crippen molar-refractivity contribution in [1.82, 2.24) is 0 Å². The van der Waals surface area contributed by atoms with Crippen molar-refractivity contribution in [2.75, 3.05) is 33.0 Å². The van der Waals surface area contributed by atoms with Gasteiger partial charge in [-0.05, 0) is 95.6 Å². The molecule has 0 radical (unpaired) electrons. The Morgan fingerprint density at radius 3 is 1.81 bits per heavy atom. The third-order valence-corrected chi connectivity index (χ3v) is 10.5. The van der Waals surface area contributed by atoms with E-state index in [9.17, 15) is 19.0 Å². The molecule has 0 saturated heterocycles. The van der Waals surface area contributed by atoms with Gasteiger partial charge in [-0.2, -0.15) is 0 Å². The highest BCUT2D eigenvalue weighted by molar-refractivity contribution is 7.47. The molecule has 57 heavy (non-hydrogen) atoms. The predicted molar refractivity (Wildman–Crippen MR) is 229 cm³/mol. The lowest BCUT2D eigenvalue weighted by molar-refractivity contribution is -0.161. The molecule has 11 nitrogen and oxygen atoms in total. The highest BCUT2D eigenvalue weighted by atomic mass is 31.2. The maximum absolute atomic E-state index is 12.7. The first kappa shape index (κ1) is 52.2. The molecule has 1 rings (SSSR count). The smallest absolute Gasteiger partial charge is 0.466 e. The van der Waals surface area contributed by atoms with Crippen molar-refractivity contribution in [3.63, 3.8) is 0 Å². The number of aliphatic hydroxyl groups is 1. The van der Waals surface area contributed by atoms with Crippen molar-refractivity contribution in [3.8, 4) is 0 Å². The van der Waals surface area contributed by atoms with E-state index in [1.165, 1.54) is 30.4 Å². The van der Waals surface area contributed by atoms with Crippen LogP contribution in [-0.2, 0) is 45.5 Å². The molecule has 1 unspecified atom stereocenters. The molecule has 0 saturated carbocycles. The summed E-state index contributed by atoms with van der Waals surface area (Å²) in [6.07, 6.45) is 35.7. The lowest BCUT2D eigenvalue weighted by Gasteiger charge is -2.19. The number of aryl methyl sites for hydroxylation is 2. The van der Waals surface area contributed by atoms with Crippen LogP contribution in [0.4, 0.5) is 0 Å². The summed E-state index contributed by atoms with van der Waals surface area (Å²) in [5, 5.41) is 8.79. The molecule has 4 N–H and O–H groups in total. The van der Waals surface area contributed by atoms with Crippen molar-refractivity contribution >= 4 is 19.8 Å². The average Bonchev–Trinajstić information content (AvgIpc) is 3.46. The van der Waals surface area contributed by atoms with Crippen LogP contribution in [0.2, 0.25) is 0 Å². The Bertz CT molecular complexity index is 1350. The van der Waals surface area contributed by atoms with Crippen LogP contribution >= 0.6 is 7.82 Å². The zero-order chi connectivity index (χ0) is 41.8. The number of aliphatic hydroxyl groups excluding tert-OH is 1. The maximum Gasteiger partial charge on any atom is 0.472 e. The van der Waals surface area contributed by atoms with Gasteiger partial charge in [-0.3, -0.25) is 18.6 Å². The number of carbonyl (C=O) groups excluding carboxylic acids is 2. The first-order chi connectivity index (χ1) is 27.6. The number of hydrogen-bond donors (Lipinski definition) is 3. The summed E-state index contributed by atoms with van der Waals surface area (Å²) in [5.74, 6) is 1.31. The molecular formula is C45H76NO10P. The van der Waals surface area contributed by atoms with Gasteiger partial charge in [0.2, 0.25) is 0 Å². The Morgan fingerprint density at radius 1 is 0.684 bits per heavy atom. The van der Waals surface area contributed by atoms with Gasteiger partial charge in [0, 0.05) is 38.8 Å². The molecule has 1 aromatic heterocycles. The van der Waals surface area contributed by atoms with Crippen molar-refractivity contribution in [1.29, 1.82) is 0 Å². The van der Waals surface area contributed by atoms with E-state index >= 15 is 0 Å². The lowest BCUT2D eigenvalue weighted by Crippen LogP contribution is -2.29. The lowest BCUT2D eigenvalue weighted by atomic mass is 10.0. The molecule has 0 amide bonds. The van der Waals surface area contributed by atoms with Crippen molar-refractivity contribution in [2.24, 2.45) is 5.73 Å². The van der Waals surface area contributed by atoms with Crippen LogP contribution in [0.3, 0.4) is 0 Å². The van der Waals surface area contributed by atoms with Gasteiger partial charge in [0.15, 0.2) is 6.10 Å². The number of unbranched alkanes of at least 4 members (excludes halogenated alkanes) is 11. The summed E-state index contributed by atoms with van der Waals surface area (Å²) in [5.41, 5.74) is 7.93. The van der Waals surface area contributed by atoms with Crippen LogP contribution in [0.15, 0.2) is 53.0 Å². The van der Waals surface area contributed by atoms with E-state index in [2.05, 4.69) is 63.3 Å². The summed E-state index contributed by atoms with van der Waals surface area (Å²) in [4.78, 5) is 35.0. The van der Waals surface area contributed by atoms with Gasteiger partial charge < -0.3 is 29.6 Å². The zero-order valence-electron chi connectivity index (χ0n) is 35.5. The maximum atomic E-state index is 12.7. The summed E-state index contributed by atoms with van der Waals surface area (Å²) in [6, 6.07) is 0. The highest BCUT2D eigenvalue weighted by Gasteiger charge is 2.26. The Kier molecular flexibility index (Phi) is 32.2. The van der Waals surface area contributed by atoms with Crippen LogP contribution in [0.5, 0.6) is 0 Å². The van der Waals surface area contributed by atoms with E-state index < -0.39 is 32.5 Å². The summed E-state index contributed by atoms with van der Waals surface area (Å²) in [7, 11) is -4.41. The Morgan fingerprint density at radius 2 is 1.21 bits per heavy atom. The largest absolute Gasteiger partial charge is 0.472 e. The van der Waals surface area contributed by atoms with Gasteiger partial charge in [0.25, 0.3) is 0 Å². The molecule has 0 aliphatic rings. The second-order valence-electron chi connectivity index (χ2n) is 14.5. The van der Waals surface area contributed by atoms with Crippen molar-refractivity contribution in [3.05, 3.63) is 71.3 Å². The molecule has 0 aliphatic heterocycles. The Labute approximate surface area is 344 Å².